The first-order valence-electron chi connectivity index (χ1n) is 6.11. The molecule has 0 fully saturated rings. The van der Waals surface area contributed by atoms with Gasteiger partial charge in [-0.05, 0) is 49.9 Å². The average molecular weight is 232 g/mol. The Balaban J connectivity index is 2.38. The molecule has 3 nitrogen and oxygen atoms in total. The third kappa shape index (κ3) is 2.29. The molecular formula is C14H20N2O. The number of fused-ring (bicyclic) bond motifs is 1. The van der Waals surface area contributed by atoms with E-state index in [-0.39, 0.29) is 0 Å². The van der Waals surface area contributed by atoms with Crippen LogP contribution in [0.2, 0.25) is 0 Å². The van der Waals surface area contributed by atoms with Crippen LogP contribution in [0.1, 0.15) is 24.0 Å². The molecule has 0 aliphatic carbocycles. The topological polar surface area (TPSA) is 51.0 Å². The summed E-state index contributed by atoms with van der Waals surface area (Å²) in [6.45, 7) is 2.86. The van der Waals surface area contributed by atoms with E-state index in [4.69, 9.17) is 10.5 Å². The number of aromatic nitrogens is 1. The largest absolute Gasteiger partial charge is 0.496 e. The smallest absolute Gasteiger partial charge is 0.131 e. The minimum Gasteiger partial charge on any atom is -0.496 e. The summed E-state index contributed by atoms with van der Waals surface area (Å²) < 4.78 is 5.58. The maximum absolute atomic E-state index is 5.58. The lowest BCUT2D eigenvalue weighted by Gasteiger charge is -2.10. The number of rotatable bonds is 5. The van der Waals surface area contributed by atoms with Gasteiger partial charge in [-0.15, -0.1) is 0 Å². The number of ether oxygens (including phenoxy) is 1. The van der Waals surface area contributed by atoms with E-state index in [2.05, 4.69) is 24.0 Å². The van der Waals surface area contributed by atoms with Gasteiger partial charge in [0, 0.05) is 17.1 Å². The maximum atomic E-state index is 5.58. The van der Waals surface area contributed by atoms with Crippen molar-refractivity contribution in [2.24, 2.45) is 5.73 Å². The van der Waals surface area contributed by atoms with Crippen LogP contribution in [0.5, 0.6) is 5.75 Å². The van der Waals surface area contributed by atoms with Crippen LogP contribution in [0.15, 0.2) is 18.3 Å². The Kier molecular flexibility index (Phi) is 3.69. The lowest BCUT2D eigenvalue weighted by atomic mass is 10.0. The summed E-state index contributed by atoms with van der Waals surface area (Å²) in [5, 5.41) is 1.21. The SMILES string of the molecule is COc1c(CCCCN)ccc2[nH]cc(C)c12. The van der Waals surface area contributed by atoms with E-state index < -0.39 is 0 Å². The molecule has 0 saturated heterocycles. The highest BCUT2D eigenvalue weighted by molar-refractivity contribution is 5.90. The first-order valence-corrected chi connectivity index (χ1v) is 6.11. The Morgan fingerprint density at radius 3 is 2.82 bits per heavy atom. The van der Waals surface area contributed by atoms with E-state index in [1.54, 1.807) is 7.11 Å². The summed E-state index contributed by atoms with van der Waals surface area (Å²) >= 11 is 0. The molecule has 1 aromatic heterocycles. The molecule has 0 radical (unpaired) electrons. The number of hydrogen-bond acceptors (Lipinski definition) is 2. The molecule has 0 aliphatic rings. The monoisotopic (exact) mass is 232 g/mol. The maximum Gasteiger partial charge on any atom is 0.131 e. The van der Waals surface area contributed by atoms with Crippen molar-refractivity contribution >= 4 is 10.9 Å². The van der Waals surface area contributed by atoms with E-state index in [0.717, 1.165) is 37.1 Å². The van der Waals surface area contributed by atoms with Crippen molar-refractivity contribution in [2.75, 3.05) is 13.7 Å². The lowest BCUT2D eigenvalue weighted by molar-refractivity contribution is 0.414. The first kappa shape index (κ1) is 12.0. The van der Waals surface area contributed by atoms with Crippen LogP contribution in [0.25, 0.3) is 10.9 Å². The second-order valence-electron chi connectivity index (χ2n) is 4.40. The number of methoxy groups -OCH3 is 1. The minimum atomic E-state index is 0.758. The number of nitrogens with one attached hydrogen (secondary N) is 1. The fourth-order valence-corrected chi connectivity index (χ4v) is 2.29. The van der Waals surface area contributed by atoms with Crippen molar-refractivity contribution in [3.63, 3.8) is 0 Å². The number of unbranched alkanes of at least 4 members (excludes halogenated alkanes) is 1. The van der Waals surface area contributed by atoms with Crippen LogP contribution in [0, 0.1) is 6.92 Å². The van der Waals surface area contributed by atoms with Crippen LogP contribution < -0.4 is 10.5 Å². The van der Waals surface area contributed by atoms with Crippen molar-refractivity contribution in [2.45, 2.75) is 26.2 Å². The predicted octanol–water partition coefficient (Wildman–Crippen LogP) is 2.77. The highest BCUT2D eigenvalue weighted by Crippen LogP contribution is 2.32. The third-order valence-corrected chi connectivity index (χ3v) is 3.18. The van der Waals surface area contributed by atoms with Crippen molar-refractivity contribution < 1.29 is 4.74 Å². The van der Waals surface area contributed by atoms with E-state index in [1.165, 1.54) is 16.5 Å². The molecule has 0 amide bonds. The van der Waals surface area contributed by atoms with Gasteiger partial charge in [0.1, 0.15) is 5.75 Å². The highest BCUT2D eigenvalue weighted by atomic mass is 16.5. The Hall–Kier alpha value is -1.48. The summed E-state index contributed by atoms with van der Waals surface area (Å²) in [6.07, 6.45) is 5.23. The van der Waals surface area contributed by atoms with Crippen LogP contribution in [-0.4, -0.2) is 18.6 Å². The molecule has 2 aromatic rings. The molecular weight excluding hydrogens is 212 g/mol. The summed E-state index contributed by atoms with van der Waals surface area (Å²) in [6, 6.07) is 4.27. The van der Waals surface area contributed by atoms with Crippen molar-refractivity contribution in [1.82, 2.24) is 4.98 Å². The van der Waals surface area contributed by atoms with Gasteiger partial charge in [0.05, 0.1) is 7.11 Å². The molecule has 3 heteroatoms. The standard InChI is InChI=1S/C14H20N2O/c1-10-9-16-12-7-6-11(5-3-4-8-15)14(17-2)13(10)12/h6-7,9,16H,3-5,8,15H2,1-2H3. The van der Waals surface area contributed by atoms with E-state index in [9.17, 15) is 0 Å². The Labute approximate surface area is 102 Å². The molecule has 1 heterocycles. The van der Waals surface area contributed by atoms with Crippen LogP contribution in [-0.2, 0) is 6.42 Å². The number of benzene rings is 1. The van der Waals surface area contributed by atoms with Gasteiger partial charge >= 0.3 is 0 Å². The van der Waals surface area contributed by atoms with E-state index in [0.29, 0.717) is 0 Å². The fourth-order valence-electron chi connectivity index (χ4n) is 2.29. The van der Waals surface area contributed by atoms with Gasteiger partial charge in [-0.3, -0.25) is 0 Å². The fraction of sp³-hybridized carbons (Fsp3) is 0.429. The zero-order chi connectivity index (χ0) is 12.3. The number of aromatic amines is 1. The van der Waals surface area contributed by atoms with Crippen molar-refractivity contribution in [1.29, 1.82) is 0 Å². The zero-order valence-corrected chi connectivity index (χ0v) is 10.5. The van der Waals surface area contributed by atoms with Gasteiger partial charge < -0.3 is 15.5 Å². The zero-order valence-electron chi connectivity index (χ0n) is 10.5. The highest BCUT2D eigenvalue weighted by Gasteiger charge is 2.11. The molecule has 0 aliphatic heterocycles. The number of aryl methyl sites for hydroxylation is 2. The molecule has 3 N–H and O–H groups in total. The number of nitrogens with two attached hydrogens (primary N) is 1. The van der Waals surface area contributed by atoms with Gasteiger partial charge in [-0.1, -0.05) is 6.07 Å². The van der Waals surface area contributed by atoms with Crippen LogP contribution in [0.4, 0.5) is 0 Å². The van der Waals surface area contributed by atoms with Crippen LogP contribution >= 0.6 is 0 Å². The molecule has 0 unspecified atom stereocenters. The number of H-pyrrole nitrogens is 1. The van der Waals surface area contributed by atoms with E-state index >= 15 is 0 Å². The molecule has 0 atom stereocenters. The molecule has 92 valence electrons. The number of hydrogen-bond donors (Lipinski definition) is 2. The summed E-state index contributed by atoms with van der Waals surface area (Å²) in [7, 11) is 1.74. The molecule has 0 bridgehead atoms. The molecule has 2 rings (SSSR count). The van der Waals surface area contributed by atoms with E-state index in [1.807, 2.05) is 6.20 Å². The van der Waals surface area contributed by atoms with Gasteiger partial charge in [0.25, 0.3) is 0 Å². The summed E-state index contributed by atoms with van der Waals surface area (Å²) in [5.41, 5.74) is 9.17. The van der Waals surface area contributed by atoms with Gasteiger partial charge in [-0.25, -0.2) is 0 Å². The van der Waals surface area contributed by atoms with Gasteiger partial charge in [0.2, 0.25) is 0 Å². The minimum absolute atomic E-state index is 0.758. The molecule has 0 saturated carbocycles. The molecule has 17 heavy (non-hydrogen) atoms. The van der Waals surface area contributed by atoms with Crippen LogP contribution in [0.3, 0.4) is 0 Å². The third-order valence-electron chi connectivity index (χ3n) is 3.18. The second kappa shape index (κ2) is 5.23. The molecule has 1 aromatic carbocycles. The predicted molar refractivity (Wildman–Crippen MR) is 71.6 cm³/mol. The summed E-state index contributed by atoms with van der Waals surface area (Å²) in [4.78, 5) is 3.26. The van der Waals surface area contributed by atoms with Crippen molar-refractivity contribution in [3.05, 3.63) is 29.5 Å². The van der Waals surface area contributed by atoms with Gasteiger partial charge in [-0.2, -0.15) is 0 Å². The summed E-state index contributed by atoms with van der Waals surface area (Å²) in [5.74, 6) is 1.01. The first-order chi connectivity index (χ1) is 8.27. The van der Waals surface area contributed by atoms with Crippen molar-refractivity contribution in [3.8, 4) is 5.75 Å². The Morgan fingerprint density at radius 1 is 1.29 bits per heavy atom. The quantitative estimate of drug-likeness (QED) is 0.779. The Bertz CT molecular complexity index is 502. The lowest BCUT2D eigenvalue weighted by Crippen LogP contribution is -2.00. The average Bonchev–Trinajstić information content (AvgIpc) is 2.71. The van der Waals surface area contributed by atoms with Gasteiger partial charge in [0.15, 0.2) is 0 Å². The normalized spacial score (nSPS) is 11.0. The second-order valence-corrected chi connectivity index (χ2v) is 4.40. The molecule has 0 spiro atoms. The Morgan fingerprint density at radius 2 is 2.12 bits per heavy atom.